The summed E-state index contributed by atoms with van der Waals surface area (Å²) in [5, 5.41) is 3.18. The molecule has 0 spiro atoms. The van der Waals surface area contributed by atoms with Crippen LogP contribution in [0.15, 0.2) is 29.3 Å². The first-order chi connectivity index (χ1) is 10.1. The standard InChI is InChI=1S/C17H28N4/c1-4-21(16-8-9-16)11-10-19-17(18)20-15-7-5-6-14(12-15)13(2)3/h5-7,12-13,16H,4,8-11H2,1-3H3,(H3,18,19,20). The minimum atomic E-state index is 0.503. The molecule has 4 nitrogen and oxygen atoms in total. The van der Waals surface area contributed by atoms with Gasteiger partial charge in [0.25, 0.3) is 0 Å². The fourth-order valence-electron chi connectivity index (χ4n) is 2.50. The maximum Gasteiger partial charge on any atom is 0.193 e. The highest BCUT2D eigenvalue weighted by Gasteiger charge is 2.26. The van der Waals surface area contributed by atoms with Crippen molar-refractivity contribution >= 4 is 11.6 Å². The van der Waals surface area contributed by atoms with E-state index in [1.54, 1.807) is 0 Å². The van der Waals surface area contributed by atoms with Crippen LogP contribution in [0.3, 0.4) is 0 Å². The van der Waals surface area contributed by atoms with Gasteiger partial charge in [-0.2, -0.15) is 0 Å². The second-order valence-electron chi connectivity index (χ2n) is 6.03. The van der Waals surface area contributed by atoms with Crippen LogP contribution in [0.1, 0.15) is 45.1 Å². The van der Waals surface area contributed by atoms with Gasteiger partial charge in [0, 0.05) is 18.3 Å². The largest absolute Gasteiger partial charge is 0.370 e. The molecular weight excluding hydrogens is 260 g/mol. The van der Waals surface area contributed by atoms with Crippen LogP contribution in [0, 0.1) is 0 Å². The summed E-state index contributed by atoms with van der Waals surface area (Å²) in [5.74, 6) is 1.02. The third-order valence-corrected chi connectivity index (χ3v) is 3.96. The van der Waals surface area contributed by atoms with Gasteiger partial charge in [0.15, 0.2) is 5.96 Å². The topological polar surface area (TPSA) is 53.6 Å². The van der Waals surface area contributed by atoms with Crippen molar-refractivity contribution in [2.75, 3.05) is 25.0 Å². The molecule has 0 unspecified atom stereocenters. The van der Waals surface area contributed by atoms with E-state index in [2.05, 4.69) is 54.2 Å². The van der Waals surface area contributed by atoms with Crippen molar-refractivity contribution in [2.45, 2.75) is 45.6 Å². The number of hydrogen-bond donors (Lipinski definition) is 2. The molecule has 0 aromatic heterocycles. The summed E-state index contributed by atoms with van der Waals surface area (Å²) in [5.41, 5.74) is 8.29. The Bertz CT molecular complexity index is 477. The van der Waals surface area contributed by atoms with Gasteiger partial charge in [0.2, 0.25) is 0 Å². The molecule has 116 valence electrons. The predicted molar refractivity (Wildman–Crippen MR) is 90.9 cm³/mol. The SMILES string of the molecule is CCN(CCN=C(N)Nc1cccc(C(C)C)c1)C1CC1. The Morgan fingerprint density at radius 3 is 2.81 bits per heavy atom. The van der Waals surface area contributed by atoms with Gasteiger partial charge >= 0.3 is 0 Å². The van der Waals surface area contributed by atoms with Crippen LogP contribution in [0.25, 0.3) is 0 Å². The van der Waals surface area contributed by atoms with Crippen LogP contribution in [0.5, 0.6) is 0 Å². The summed E-state index contributed by atoms with van der Waals surface area (Å²) < 4.78 is 0. The van der Waals surface area contributed by atoms with Gasteiger partial charge in [-0.1, -0.05) is 32.9 Å². The highest BCUT2D eigenvalue weighted by Crippen LogP contribution is 2.25. The summed E-state index contributed by atoms with van der Waals surface area (Å²) in [6.07, 6.45) is 2.68. The zero-order valence-corrected chi connectivity index (χ0v) is 13.5. The molecule has 0 radical (unpaired) electrons. The lowest BCUT2D eigenvalue weighted by Crippen LogP contribution is -2.30. The molecule has 0 amide bonds. The summed E-state index contributed by atoms with van der Waals surface area (Å²) >= 11 is 0. The zero-order valence-electron chi connectivity index (χ0n) is 13.5. The number of nitrogens with one attached hydrogen (secondary N) is 1. The Morgan fingerprint density at radius 1 is 1.43 bits per heavy atom. The molecule has 0 heterocycles. The molecule has 2 rings (SSSR count). The second kappa shape index (κ2) is 7.46. The van der Waals surface area contributed by atoms with Crippen molar-refractivity contribution in [2.24, 2.45) is 10.7 Å². The van der Waals surface area contributed by atoms with Crippen LogP contribution in [-0.4, -0.2) is 36.5 Å². The molecular formula is C17H28N4. The van der Waals surface area contributed by atoms with Gasteiger partial charge in [-0.15, -0.1) is 0 Å². The number of guanidine groups is 1. The fraction of sp³-hybridized carbons (Fsp3) is 0.588. The molecule has 1 aromatic carbocycles. The van der Waals surface area contributed by atoms with Crippen molar-refractivity contribution in [3.8, 4) is 0 Å². The van der Waals surface area contributed by atoms with Gasteiger partial charge in [0.1, 0.15) is 0 Å². The molecule has 1 saturated carbocycles. The van der Waals surface area contributed by atoms with Gasteiger partial charge in [-0.05, 0) is 43.0 Å². The average Bonchev–Trinajstić information content (AvgIpc) is 3.28. The predicted octanol–water partition coefficient (Wildman–Crippen LogP) is 3.02. The van der Waals surface area contributed by atoms with E-state index in [1.165, 1.54) is 18.4 Å². The molecule has 1 aliphatic carbocycles. The number of hydrogen-bond acceptors (Lipinski definition) is 2. The zero-order chi connectivity index (χ0) is 15.2. The normalized spacial score (nSPS) is 15.8. The molecule has 0 bridgehead atoms. The summed E-state index contributed by atoms with van der Waals surface area (Å²) in [4.78, 5) is 6.92. The molecule has 1 aliphatic rings. The van der Waals surface area contributed by atoms with E-state index in [9.17, 15) is 0 Å². The van der Waals surface area contributed by atoms with Gasteiger partial charge in [-0.25, -0.2) is 0 Å². The van der Waals surface area contributed by atoms with E-state index >= 15 is 0 Å². The van der Waals surface area contributed by atoms with Crippen molar-refractivity contribution < 1.29 is 0 Å². The number of aliphatic imine (C=N–C) groups is 1. The first-order valence-corrected chi connectivity index (χ1v) is 8.01. The van der Waals surface area contributed by atoms with Crippen LogP contribution in [0.2, 0.25) is 0 Å². The average molecular weight is 288 g/mol. The Hall–Kier alpha value is -1.55. The van der Waals surface area contributed by atoms with Crippen LogP contribution in [0.4, 0.5) is 5.69 Å². The lowest BCUT2D eigenvalue weighted by molar-refractivity contribution is 0.286. The van der Waals surface area contributed by atoms with Crippen molar-refractivity contribution in [3.63, 3.8) is 0 Å². The molecule has 0 aliphatic heterocycles. The Balaban J connectivity index is 1.83. The third-order valence-electron chi connectivity index (χ3n) is 3.96. The summed E-state index contributed by atoms with van der Waals surface area (Å²) in [6.45, 7) is 9.44. The number of benzene rings is 1. The van der Waals surface area contributed by atoms with Gasteiger partial charge in [-0.3, -0.25) is 9.89 Å². The highest BCUT2D eigenvalue weighted by atomic mass is 15.2. The Morgan fingerprint density at radius 2 is 2.19 bits per heavy atom. The molecule has 21 heavy (non-hydrogen) atoms. The quantitative estimate of drug-likeness (QED) is 0.599. The summed E-state index contributed by atoms with van der Waals surface area (Å²) in [6, 6.07) is 9.14. The number of nitrogens with zero attached hydrogens (tertiary/aromatic N) is 2. The number of rotatable bonds is 7. The maximum absolute atomic E-state index is 5.97. The van der Waals surface area contributed by atoms with Crippen LogP contribution >= 0.6 is 0 Å². The van der Waals surface area contributed by atoms with Gasteiger partial charge < -0.3 is 11.1 Å². The maximum atomic E-state index is 5.97. The smallest absolute Gasteiger partial charge is 0.193 e. The van der Waals surface area contributed by atoms with Crippen molar-refractivity contribution in [1.82, 2.24) is 4.90 Å². The Labute approximate surface area is 128 Å². The van der Waals surface area contributed by atoms with E-state index in [0.29, 0.717) is 11.9 Å². The van der Waals surface area contributed by atoms with E-state index in [4.69, 9.17) is 5.73 Å². The van der Waals surface area contributed by atoms with Crippen molar-refractivity contribution in [1.29, 1.82) is 0 Å². The van der Waals surface area contributed by atoms with E-state index in [-0.39, 0.29) is 0 Å². The number of anilines is 1. The van der Waals surface area contributed by atoms with Crippen LogP contribution < -0.4 is 11.1 Å². The summed E-state index contributed by atoms with van der Waals surface area (Å²) in [7, 11) is 0. The van der Waals surface area contributed by atoms with E-state index < -0.39 is 0 Å². The molecule has 1 aromatic rings. The molecule has 3 N–H and O–H groups in total. The van der Waals surface area contributed by atoms with E-state index in [0.717, 1.165) is 31.4 Å². The number of nitrogens with two attached hydrogens (primary N) is 1. The lowest BCUT2D eigenvalue weighted by Gasteiger charge is -2.18. The van der Waals surface area contributed by atoms with Crippen molar-refractivity contribution in [3.05, 3.63) is 29.8 Å². The van der Waals surface area contributed by atoms with Crippen LogP contribution in [-0.2, 0) is 0 Å². The molecule has 4 heteroatoms. The first-order valence-electron chi connectivity index (χ1n) is 8.01. The molecule has 0 atom stereocenters. The molecule has 0 saturated heterocycles. The monoisotopic (exact) mass is 288 g/mol. The first kappa shape index (κ1) is 15.8. The van der Waals surface area contributed by atoms with E-state index in [1.807, 2.05) is 6.07 Å². The minimum absolute atomic E-state index is 0.503. The number of likely N-dealkylation sites (N-methyl/N-ethyl adjacent to an activating group) is 1. The highest BCUT2D eigenvalue weighted by molar-refractivity contribution is 5.92. The fourth-order valence-corrected chi connectivity index (χ4v) is 2.50. The minimum Gasteiger partial charge on any atom is -0.370 e. The third kappa shape index (κ3) is 5.05. The lowest BCUT2D eigenvalue weighted by atomic mass is 10.0. The molecule has 1 fully saturated rings. The van der Waals surface area contributed by atoms with Gasteiger partial charge in [0.05, 0.1) is 6.54 Å². The second-order valence-corrected chi connectivity index (χ2v) is 6.03. The Kier molecular flexibility index (Phi) is 5.62.